The highest BCUT2D eigenvalue weighted by molar-refractivity contribution is 5.91. The van der Waals surface area contributed by atoms with Crippen molar-refractivity contribution in [1.82, 2.24) is 14.7 Å². The van der Waals surface area contributed by atoms with Crippen LogP contribution in [0.25, 0.3) is 5.69 Å². The maximum absolute atomic E-state index is 13.3. The molecule has 0 saturated carbocycles. The van der Waals surface area contributed by atoms with Crippen molar-refractivity contribution in [1.29, 1.82) is 0 Å². The van der Waals surface area contributed by atoms with Crippen LogP contribution < -0.4 is 0 Å². The molecular formula is C23H26FN3O3. The molecule has 0 atom stereocenters. The number of hydrogen-bond acceptors (Lipinski definition) is 4. The van der Waals surface area contributed by atoms with Gasteiger partial charge in [0.1, 0.15) is 5.82 Å². The van der Waals surface area contributed by atoms with Crippen LogP contribution >= 0.6 is 0 Å². The molecule has 0 bridgehead atoms. The van der Waals surface area contributed by atoms with Crippen molar-refractivity contribution in [3.8, 4) is 5.69 Å². The molecule has 0 saturated heterocycles. The van der Waals surface area contributed by atoms with Crippen LogP contribution in [0.2, 0.25) is 0 Å². The number of carbonyl (C=O) groups excluding carboxylic acids is 2. The fraction of sp³-hybridized carbons (Fsp3) is 0.435. The van der Waals surface area contributed by atoms with E-state index in [1.165, 1.54) is 12.1 Å². The van der Waals surface area contributed by atoms with Crippen molar-refractivity contribution >= 4 is 11.9 Å². The number of hydrogen-bond donors (Lipinski definition) is 0. The van der Waals surface area contributed by atoms with Crippen molar-refractivity contribution in [3.63, 3.8) is 0 Å². The summed E-state index contributed by atoms with van der Waals surface area (Å²) in [6.45, 7) is 2.17. The second-order valence-electron chi connectivity index (χ2n) is 7.67. The summed E-state index contributed by atoms with van der Waals surface area (Å²) in [6.07, 6.45) is 8.49. The number of halogens is 1. The molecule has 1 amide bonds. The lowest BCUT2D eigenvalue weighted by atomic mass is 9.95. The number of benzene rings is 1. The topological polar surface area (TPSA) is 64.4 Å². The zero-order valence-electron chi connectivity index (χ0n) is 17.2. The van der Waals surface area contributed by atoms with E-state index in [2.05, 4.69) is 11.2 Å². The van der Waals surface area contributed by atoms with E-state index in [-0.39, 0.29) is 24.0 Å². The van der Waals surface area contributed by atoms with E-state index in [1.807, 2.05) is 6.92 Å². The molecule has 158 valence electrons. The second-order valence-corrected chi connectivity index (χ2v) is 7.67. The number of aromatic nitrogens is 2. The maximum Gasteiger partial charge on any atom is 0.359 e. The van der Waals surface area contributed by atoms with Crippen LogP contribution in [0.15, 0.2) is 36.0 Å². The van der Waals surface area contributed by atoms with Gasteiger partial charge in [0.15, 0.2) is 12.3 Å². The largest absolute Gasteiger partial charge is 0.451 e. The van der Waals surface area contributed by atoms with Crippen molar-refractivity contribution in [3.05, 3.63) is 58.8 Å². The molecule has 2 aromatic rings. The van der Waals surface area contributed by atoms with Crippen LogP contribution in [0.4, 0.5) is 4.39 Å². The van der Waals surface area contributed by atoms with Crippen LogP contribution in [0.3, 0.4) is 0 Å². The number of carbonyl (C=O) groups is 2. The molecule has 0 unspecified atom stereocenters. The van der Waals surface area contributed by atoms with Gasteiger partial charge in [0.2, 0.25) is 0 Å². The summed E-state index contributed by atoms with van der Waals surface area (Å²) >= 11 is 0. The summed E-state index contributed by atoms with van der Waals surface area (Å²) in [6, 6.07) is 6.04. The molecule has 6 nitrogen and oxygen atoms in total. The van der Waals surface area contributed by atoms with Crippen LogP contribution in [-0.2, 0) is 22.4 Å². The lowest BCUT2D eigenvalue weighted by Gasteiger charge is -2.22. The zero-order valence-corrected chi connectivity index (χ0v) is 17.2. The van der Waals surface area contributed by atoms with E-state index in [9.17, 15) is 14.0 Å². The third-order valence-corrected chi connectivity index (χ3v) is 5.75. The van der Waals surface area contributed by atoms with Crippen molar-refractivity contribution in [2.24, 2.45) is 0 Å². The van der Waals surface area contributed by atoms with E-state index in [4.69, 9.17) is 4.74 Å². The van der Waals surface area contributed by atoms with E-state index >= 15 is 0 Å². The van der Waals surface area contributed by atoms with E-state index in [0.717, 1.165) is 61.9 Å². The summed E-state index contributed by atoms with van der Waals surface area (Å²) in [5.41, 5.74) is 3.79. The van der Waals surface area contributed by atoms with E-state index in [1.54, 1.807) is 21.7 Å². The van der Waals surface area contributed by atoms with Crippen LogP contribution in [0, 0.1) is 5.82 Å². The van der Waals surface area contributed by atoms with Gasteiger partial charge in [0.25, 0.3) is 5.91 Å². The Bertz CT molecular complexity index is 978. The number of nitrogens with zero attached hydrogens (tertiary/aromatic N) is 3. The Labute approximate surface area is 175 Å². The van der Waals surface area contributed by atoms with Crippen molar-refractivity contribution in [2.45, 2.75) is 51.9 Å². The molecule has 30 heavy (non-hydrogen) atoms. The summed E-state index contributed by atoms with van der Waals surface area (Å²) in [4.78, 5) is 27.1. The SMILES string of the molecule is CCN(C(=O)COC(=O)c1nn(-c2ccc(F)cc2)c2c1CCCC2)C1=CCCC1. The van der Waals surface area contributed by atoms with Crippen molar-refractivity contribution in [2.75, 3.05) is 13.2 Å². The maximum atomic E-state index is 13.3. The minimum Gasteiger partial charge on any atom is -0.451 e. The number of esters is 1. The fourth-order valence-electron chi connectivity index (χ4n) is 4.27. The molecule has 0 spiro atoms. The highest BCUT2D eigenvalue weighted by atomic mass is 19.1. The molecule has 0 radical (unpaired) electrons. The molecule has 2 aliphatic carbocycles. The highest BCUT2D eigenvalue weighted by Gasteiger charge is 2.28. The number of likely N-dealkylation sites (N-methyl/N-ethyl adjacent to an activating group) is 1. The van der Waals surface area contributed by atoms with Gasteiger partial charge in [-0.1, -0.05) is 6.08 Å². The van der Waals surface area contributed by atoms with Gasteiger partial charge in [-0.05, 0) is 76.1 Å². The molecule has 0 N–H and O–H groups in total. The molecule has 0 fully saturated rings. The van der Waals surface area contributed by atoms with Gasteiger partial charge in [0.05, 0.1) is 5.69 Å². The first-order valence-corrected chi connectivity index (χ1v) is 10.6. The molecule has 1 heterocycles. The van der Waals surface area contributed by atoms with Crippen molar-refractivity contribution < 1.29 is 18.7 Å². The number of allylic oxidation sites excluding steroid dienone is 2. The lowest BCUT2D eigenvalue weighted by Crippen LogP contribution is -2.33. The first-order valence-electron chi connectivity index (χ1n) is 10.6. The van der Waals surface area contributed by atoms with Crippen LogP contribution in [0.5, 0.6) is 0 Å². The van der Waals surface area contributed by atoms with Gasteiger partial charge in [-0.2, -0.15) is 5.10 Å². The lowest BCUT2D eigenvalue weighted by molar-refractivity contribution is -0.132. The van der Waals surface area contributed by atoms with Gasteiger partial charge >= 0.3 is 5.97 Å². The Kier molecular flexibility index (Phi) is 5.97. The third kappa shape index (κ3) is 4.01. The van der Waals surface area contributed by atoms with Gasteiger partial charge in [-0.15, -0.1) is 0 Å². The predicted octanol–water partition coefficient (Wildman–Crippen LogP) is 3.96. The molecule has 1 aromatic carbocycles. The van der Waals surface area contributed by atoms with Gasteiger partial charge in [-0.3, -0.25) is 4.79 Å². The first-order chi connectivity index (χ1) is 14.6. The van der Waals surface area contributed by atoms with E-state index in [0.29, 0.717) is 12.2 Å². The third-order valence-electron chi connectivity index (χ3n) is 5.75. The zero-order chi connectivity index (χ0) is 21.1. The second kappa shape index (κ2) is 8.81. The summed E-state index contributed by atoms with van der Waals surface area (Å²) < 4.78 is 20.4. The molecule has 0 aliphatic heterocycles. The average Bonchev–Trinajstić information content (AvgIpc) is 3.42. The average molecular weight is 411 g/mol. The Morgan fingerprint density at radius 3 is 2.60 bits per heavy atom. The summed E-state index contributed by atoms with van der Waals surface area (Å²) in [5.74, 6) is -1.12. The van der Waals surface area contributed by atoms with Gasteiger partial charge in [-0.25, -0.2) is 13.9 Å². The minimum absolute atomic E-state index is 0.217. The normalized spacial score (nSPS) is 15.5. The number of rotatable bonds is 6. The summed E-state index contributed by atoms with van der Waals surface area (Å²) in [5, 5.41) is 4.50. The quantitative estimate of drug-likeness (QED) is 0.675. The molecular weight excluding hydrogens is 385 g/mol. The first kappa shape index (κ1) is 20.3. The number of fused-ring (bicyclic) bond motifs is 1. The van der Waals surface area contributed by atoms with Crippen LogP contribution in [-0.4, -0.2) is 39.7 Å². The Hall–Kier alpha value is -2.96. The Balaban J connectivity index is 1.52. The standard InChI is InChI=1S/C23H26FN3O3/c1-2-26(17-7-3-4-8-17)21(28)15-30-23(29)22-19-9-5-6-10-20(19)27(25-22)18-13-11-16(24)12-14-18/h7,11-14H,2-6,8-10,15H2,1H3. The van der Waals surface area contributed by atoms with E-state index < -0.39 is 5.97 Å². The van der Waals surface area contributed by atoms with Gasteiger partial charge in [0, 0.05) is 23.5 Å². The van der Waals surface area contributed by atoms with Gasteiger partial charge < -0.3 is 9.64 Å². The highest BCUT2D eigenvalue weighted by Crippen LogP contribution is 2.28. The van der Waals surface area contributed by atoms with Crippen LogP contribution in [0.1, 0.15) is 60.8 Å². The summed E-state index contributed by atoms with van der Waals surface area (Å²) in [7, 11) is 0. The smallest absolute Gasteiger partial charge is 0.359 e. The molecule has 2 aliphatic rings. The number of ether oxygens (including phenoxy) is 1. The molecule has 1 aromatic heterocycles. The Morgan fingerprint density at radius 2 is 1.90 bits per heavy atom. The predicted molar refractivity (Wildman–Crippen MR) is 110 cm³/mol. The monoisotopic (exact) mass is 411 g/mol. The fourth-order valence-corrected chi connectivity index (χ4v) is 4.27. The number of amides is 1. The Morgan fingerprint density at radius 1 is 1.13 bits per heavy atom. The molecule has 7 heteroatoms. The minimum atomic E-state index is -0.584. The molecule has 4 rings (SSSR count).